The average Bonchev–Trinajstić information content (AvgIpc) is 2.28. The number of piperidine rings is 1. The van der Waals surface area contributed by atoms with Gasteiger partial charge < -0.3 is 10.2 Å². The van der Waals surface area contributed by atoms with E-state index in [2.05, 4.69) is 24.1 Å². The van der Waals surface area contributed by atoms with Crippen molar-refractivity contribution in [2.24, 2.45) is 0 Å². The van der Waals surface area contributed by atoms with E-state index in [1.807, 2.05) is 4.90 Å². The van der Waals surface area contributed by atoms with Crippen LogP contribution in [-0.4, -0.2) is 60.0 Å². The highest BCUT2D eigenvalue weighted by atomic mass is 16.2. The third-order valence-corrected chi connectivity index (χ3v) is 4.27. The predicted molar refractivity (Wildman–Crippen MR) is 68.9 cm³/mol. The molecule has 0 saturated carbocycles. The largest absolute Gasteiger partial charge is 0.340 e. The minimum atomic E-state index is 0.205. The topological polar surface area (TPSA) is 35.6 Å². The summed E-state index contributed by atoms with van der Waals surface area (Å²) in [5.74, 6) is 0.214. The maximum absolute atomic E-state index is 11.3. The van der Waals surface area contributed by atoms with Crippen LogP contribution in [0.3, 0.4) is 0 Å². The molecule has 1 atom stereocenters. The van der Waals surface area contributed by atoms with Crippen LogP contribution in [-0.2, 0) is 4.79 Å². The summed E-state index contributed by atoms with van der Waals surface area (Å²) in [6.07, 6.45) is 2.54. The van der Waals surface area contributed by atoms with E-state index in [-0.39, 0.29) is 11.4 Å². The maximum Gasteiger partial charge on any atom is 0.219 e. The zero-order valence-electron chi connectivity index (χ0n) is 11.3. The van der Waals surface area contributed by atoms with Gasteiger partial charge >= 0.3 is 0 Å². The Bertz CT molecular complexity index is 282. The van der Waals surface area contributed by atoms with Gasteiger partial charge in [-0.25, -0.2) is 0 Å². The SMILES string of the molecule is CC(=O)N1CCN(C2CCCNC2(C)C)CC1. The van der Waals surface area contributed by atoms with Gasteiger partial charge in [-0.05, 0) is 33.2 Å². The standard InChI is InChI=1S/C13H25N3O/c1-11(17)15-7-9-16(10-8-15)12-5-4-6-14-13(12,2)3/h12,14H,4-10H2,1-3H3. The summed E-state index contributed by atoms with van der Waals surface area (Å²) in [6.45, 7) is 11.2. The van der Waals surface area contributed by atoms with E-state index >= 15 is 0 Å². The molecule has 1 N–H and O–H groups in total. The highest BCUT2D eigenvalue weighted by molar-refractivity contribution is 5.73. The molecular weight excluding hydrogens is 214 g/mol. The fraction of sp³-hybridized carbons (Fsp3) is 0.923. The second-order valence-electron chi connectivity index (χ2n) is 5.85. The second kappa shape index (κ2) is 4.94. The van der Waals surface area contributed by atoms with Crippen LogP contribution in [0.15, 0.2) is 0 Å². The van der Waals surface area contributed by atoms with Crippen molar-refractivity contribution in [2.45, 2.75) is 45.2 Å². The summed E-state index contributed by atoms with van der Waals surface area (Å²) in [5, 5.41) is 3.62. The second-order valence-corrected chi connectivity index (χ2v) is 5.85. The van der Waals surface area contributed by atoms with Gasteiger partial charge in [-0.15, -0.1) is 0 Å². The molecule has 0 aromatic heterocycles. The molecule has 0 aromatic carbocycles. The third kappa shape index (κ3) is 2.80. The number of nitrogens with zero attached hydrogens (tertiary/aromatic N) is 2. The first-order valence-corrected chi connectivity index (χ1v) is 6.75. The number of amides is 1. The molecule has 2 rings (SSSR count). The van der Waals surface area contributed by atoms with Gasteiger partial charge in [0.1, 0.15) is 0 Å². The van der Waals surface area contributed by atoms with Crippen LogP contribution >= 0.6 is 0 Å². The molecule has 2 aliphatic rings. The molecule has 0 spiro atoms. The molecule has 17 heavy (non-hydrogen) atoms. The quantitative estimate of drug-likeness (QED) is 0.731. The lowest BCUT2D eigenvalue weighted by atomic mass is 9.85. The fourth-order valence-corrected chi connectivity index (χ4v) is 3.17. The number of carbonyl (C=O) groups is 1. The lowest BCUT2D eigenvalue weighted by molar-refractivity contribution is -0.131. The lowest BCUT2D eigenvalue weighted by Crippen LogP contribution is -2.63. The Hall–Kier alpha value is -0.610. The van der Waals surface area contributed by atoms with Crippen LogP contribution < -0.4 is 5.32 Å². The number of rotatable bonds is 1. The van der Waals surface area contributed by atoms with Gasteiger partial charge in [0.05, 0.1) is 0 Å². The van der Waals surface area contributed by atoms with Crippen LogP contribution in [0, 0.1) is 0 Å². The van der Waals surface area contributed by atoms with E-state index in [1.54, 1.807) is 6.92 Å². The Labute approximate surface area is 104 Å². The van der Waals surface area contributed by atoms with Gasteiger partial charge in [-0.2, -0.15) is 0 Å². The summed E-state index contributed by atoms with van der Waals surface area (Å²) in [5.41, 5.74) is 0.205. The monoisotopic (exact) mass is 239 g/mol. The first-order chi connectivity index (χ1) is 8.00. The van der Waals surface area contributed by atoms with Gasteiger partial charge in [-0.3, -0.25) is 9.69 Å². The van der Waals surface area contributed by atoms with Gasteiger partial charge in [-0.1, -0.05) is 0 Å². The summed E-state index contributed by atoms with van der Waals surface area (Å²) in [7, 11) is 0. The minimum Gasteiger partial charge on any atom is -0.340 e. The van der Waals surface area contributed by atoms with Crippen molar-refractivity contribution in [3.05, 3.63) is 0 Å². The van der Waals surface area contributed by atoms with E-state index in [1.165, 1.54) is 12.8 Å². The van der Waals surface area contributed by atoms with Crippen LogP contribution in [0.1, 0.15) is 33.6 Å². The first-order valence-electron chi connectivity index (χ1n) is 6.75. The third-order valence-electron chi connectivity index (χ3n) is 4.27. The molecule has 2 heterocycles. The summed E-state index contributed by atoms with van der Waals surface area (Å²) < 4.78 is 0. The molecule has 4 nitrogen and oxygen atoms in total. The highest BCUT2D eigenvalue weighted by Crippen LogP contribution is 2.25. The summed E-state index contributed by atoms with van der Waals surface area (Å²) >= 11 is 0. The fourth-order valence-electron chi connectivity index (χ4n) is 3.17. The molecule has 0 aromatic rings. The number of carbonyl (C=O) groups excluding carboxylic acids is 1. The zero-order chi connectivity index (χ0) is 12.5. The average molecular weight is 239 g/mol. The van der Waals surface area contributed by atoms with Gasteiger partial charge in [0.15, 0.2) is 0 Å². The maximum atomic E-state index is 11.3. The van der Waals surface area contributed by atoms with E-state index in [9.17, 15) is 4.79 Å². The summed E-state index contributed by atoms with van der Waals surface area (Å²) in [6, 6.07) is 0.616. The van der Waals surface area contributed by atoms with Crippen LogP contribution in [0.25, 0.3) is 0 Å². The van der Waals surface area contributed by atoms with Crippen molar-refractivity contribution >= 4 is 5.91 Å². The van der Waals surface area contributed by atoms with Gasteiger partial charge in [0.2, 0.25) is 5.91 Å². The van der Waals surface area contributed by atoms with Crippen molar-refractivity contribution in [3.8, 4) is 0 Å². The van der Waals surface area contributed by atoms with Crippen molar-refractivity contribution in [1.29, 1.82) is 0 Å². The van der Waals surface area contributed by atoms with Crippen LogP contribution in [0.5, 0.6) is 0 Å². The summed E-state index contributed by atoms with van der Waals surface area (Å²) in [4.78, 5) is 15.8. The predicted octanol–water partition coefficient (Wildman–Crippen LogP) is 0.681. The van der Waals surface area contributed by atoms with E-state index in [4.69, 9.17) is 0 Å². The molecular formula is C13H25N3O. The van der Waals surface area contributed by atoms with Crippen molar-refractivity contribution in [2.75, 3.05) is 32.7 Å². The van der Waals surface area contributed by atoms with Crippen LogP contribution in [0.4, 0.5) is 0 Å². The number of hydrogen-bond acceptors (Lipinski definition) is 3. The molecule has 1 amide bonds. The molecule has 0 radical (unpaired) electrons. The molecule has 2 saturated heterocycles. The number of piperazine rings is 1. The molecule has 4 heteroatoms. The molecule has 1 unspecified atom stereocenters. The zero-order valence-corrected chi connectivity index (χ0v) is 11.3. The van der Waals surface area contributed by atoms with Crippen molar-refractivity contribution in [3.63, 3.8) is 0 Å². The number of nitrogens with one attached hydrogen (secondary N) is 1. The van der Waals surface area contributed by atoms with Gasteiger partial charge in [0.25, 0.3) is 0 Å². The minimum absolute atomic E-state index is 0.205. The van der Waals surface area contributed by atoms with E-state index in [0.717, 1.165) is 32.7 Å². The first kappa shape index (κ1) is 12.8. The normalized spacial score (nSPS) is 30.3. The smallest absolute Gasteiger partial charge is 0.219 e. The molecule has 0 bridgehead atoms. The molecule has 2 fully saturated rings. The molecule has 98 valence electrons. The Balaban J connectivity index is 1.93. The van der Waals surface area contributed by atoms with Crippen molar-refractivity contribution in [1.82, 2.24) is 15.1 Å². The highest BCUT2D eigenvalue weighted by Gasteiger charge is 2.37. The van der Waals surface area contributed by atoms with Crippen LogP contribution in [0.2, 0.25) is 0 Å². The Morgan fingerprint density at radius 2 is 1.88 bits per heavy atom. The Kier molecular flexibility index (Phi) is 3.73. The lowest BCUT2D eigenvalue weighted by Gasteiger charge is -2.48. The molecule has 0 aliphatic carbocycles. The van der Waals surface area contributed by atoms with E-state index in [0.29, 0.717) is 6.04 Å². The van der Waals surface area contributed by atoms with Gasteiger partial charge in [0, 0.05) is 44.7 Å². The molecule has 2 aliphatic heterocycles. The Morgan fingerprint density at radius 1 is 1.24 bits per heavy atom. The van der Waals surface area contributed by atoms with Crippen molar-refractivity contribution < 1.29 is 4.79 Å². The number of hydrogen-bond donors (Lipinski definition) is 1. The Morgan fingerprint density at radius 3 is 2.41 bits per heavy atom. The van der Waals surface area contributed by atoms with E-state index < -0.39 is 0 Å².